The lowest BCUT2D eigenvalue weighted by atomic mass is 10.1. The van der Waals surface area contributed by atoms with Gasteiger partial charge in [-0.3, -0.25) is 5.43 Å². The minimum atomic E-state index is -2.54. The van der Waals surface area contributed by atoms with Gasteiger partial charge in [-0.15, -0.1) is 0 Å². The van der Waals surface area contributed by atoms with Crippen LogP contribution in [0.2, 0.25) is 0 Å². The van der Waals surface area contributed by atoms with Gasteiger partial charge in [-0.25, -0.2) is 34.6 Å². The summed E-state index contributed by atoms with van der Waals surface area (Å²) in [4.78, 5) is 54.8. The molecule has 3 atom stereocenters. The van der Waals surface area contributed by atoms with E-state index in [2.05, 4.69) is 26.5 Å². The maximum Gasteiger partial charge on any atom is 0.408 e. The first-order valence-electron chi connectivity index (χ1n) is 15.2. The zero-order valence-corrected chi connectivity index (χ0v) is 28.2. The van der Waals surface area contributed by atoms with E-state index in [1.165, 1.54) is 5.94 Å². The van der Waals surface area contributed by atoms with Gasteiger partial charge in [0, 0.05) is 16.6 Å². The molecule has 0 radical (unpaired) electrons. The third-order valence-corrected chi connectivity index (χ3v) is 6.94. The van der Waals surface area contributed by atoms with Gasteiger partial charge >= 0.3 is 23.2 Å². The van der Waals surface area contributed by atoms with Crippen molar-refractivity contribution in [2.45, 2.75) is 77.2 Å². The third-order valence-electron chi connectivity index (χ3n) is 6.67. The summed E-state index contributed by atoms with van der Waals surface area (Å²) in [6, 6.07) is 17.8. The molecule has 0 aliphatic carbocycles. The maximum atomic E-state index is 13.4. The van der Waals surface area contributed by atoms with Crippen molar-refractivity contribution in [3.63, 3.8) is 0 Å². The van der Waals surface area contributed by atoms with Crippen LogP contribution in [-0.4, -0.2) is 52.1 Å². The number of para-hydroxylation sites is 2. The number of pyridine rings is 1. The molecule has 1 fully saturated rings. The second-order valence-electron chi connectivity index (χ2n) is 11.8. The van der Waals surface area contributed by atoms with Crippen molar-refractivity contribution in [1.29, 1.82) is 5.26 Å². The molecule has 1 aromatic heterocycles. The van der Waals surface area contributed by atoms with E-state index in [1.54, 1.807) is 57.2 Å². The molecule has 0 spiro atoms. The van der Waals surface area contributed by atoms with Gasteiger partial charge in [-0.05, 0) is 63.9 Å². The van der Waals surface area contributed by atoms with Gasteiger partial charge < -0.3 is 24.3 Å². The minimum Gasteiger partial charge on any atom is -0.487 e. The number of amides is 1. The molecule has 258 valence electrons. The van der Waals surface area contributed by atoms with E-state index in [-0.39, 0.29) is 13.0 Å². The van der Waals surface area contributed by atoms with E-state index < -0.39 is 46.9 Å². The van der Waals surface area contributed by atoms with E-state index in [0.717, 1.165) is 16.2 Å². The summed E-state index contributed by atoms with van der Waals surface area (Å²) in [6.07, 6.45) is -2.90. The maximum absolute atomic E-state index is 13.4. The van der Waals surface area contributed by atoms with E-state index in [4.69, 9.17) is 30.5 Å². The summed E-state index contributed by atoms with van der Waals surface area (Å²) in [5.74, 6) is -0.602. The second-order valence-corrected chi connectivity index (χ2v) is 12.3. The standard InChI is InChI=1S/C33H36ClN7O8/c1-6-10-26(37-31(45)49-32(3,4)5)38-33(34,19-35)48-30(44)28-40-41(39-23(17-42)29(43)47-28)24-13-8-7-11-22(24)18-46-25-14-9-12-21-16-15-20(2)36-27(21)25/h7-9,11-16,26,28,38-40H,6,10,18H2,1-5H3,(H,37,45). The summed E-state index contributed by atoms with van der Waals surface area (Å²) in [5.41, 5.74) is 6.04. The van der Waals surface area contributed by atoms with Crippen molar-refractivity contribution in [3.8, 4) is 11.8 Å². The van der Waals surface area contributed by atoms with Gasteiger partial charge in [0.05, 0.1) is 11.9 Å². The van der Waals surface area contributed by atoms with Crippen molar-refractivity contribution < 1.29 is 38.1 Å². The summed E-state index contributed by atoms with van der Waals surface area (Å²) in [5, 5.41) is 14.4. The van der Waals surface area contributed by atoms with Crippen LogP contribution in [0.25, 0.3) is 10.9 Å². The largest absolute Gasteiger partial charge is 0.487 e. The van der Waals surface area contributed by atoms with Crippen molar-refractivity contribution in [2.24, 2.45) is 0 Å². The Hall–Kier alpha value is -5.39. The number of aryl methyl sites for hydroxylation is 1. The average Bonchev–Trinajstić information content (AvgIpc) is 3.21. The fourth-order valence-electron chi connectivity index (χ4n) is 4.55. The molecule has 0 bridgehead atoms. The second kappa shape index (κ2) is 15.7. The molecule has 2 heterocycles. The number of fused-ring (bicyclic) bond motifs is 1. The van der Waals surface area contributed by atoms with E-state index in [0.29, 0.717) is 28.9 Å². The van der Waals surface area contributed by atoms with Crippen LogP contribution in [0.1, 0.15) is 51.8 Å². The number of benzene rings is 2. The van der Waals surface area contributed by atoms with Gasteiger partial charge in [0.2, 0.25) is 5.70 Å². The Morgan fingerprint density at radius 1 is 1.14 bits per heavy atom. The normalized spacial score (nSPS) is 16.5. The number of alkyl carbamates (subject to hydrolysis) is 1. The molecule has 3 unspecified atom stereocenters. The molecule has 4 N–H and O–H groups in total. The first-order valence-corrected chi connectivity index (χ1v) is 15.6. The lowest BCUT2D eigenvalue weighted by Crippen LogP contribution is -2.58. The number of nitrogens with one attached hydrogen (secondary N) is 4. The van der Waals surface area contributed by atoms with Crippen LogP contribution in [0.3, 0.4) is 0 Å². The van der Waals surface area contributed by atoms with Crippen LogP contribution in [-0.2, 0) is 35.2 Å². The number of halogens is 1. The van der Waals surface area contributed by atoms with Gasteiger partial charge in [-0.2, -0.15) is 10.7 Å². The van der Waals surface area contributed by atoms with Gasteiger partial charge in [0.1, 0.15) is 29.5 Å². The van der Waals surface area contributed by atoms with Crippen LogP contribution in [0.15, 0.2) is 60.3 Å². The summed E-state index contributed by atoms with van der Waals surface area (Å²) in [6.45, 7) is 8.72. The highest BCUT2D eigenvalue weighted by Gasteiger charge is 2.41. The van der Waals surface area contributed by atoms with E-state index in [9.17, 15) is 24.4 Å². The highest BCUT2D eigenvalue weighted by molar-refractivity contribution is 6.25. The summed E-state index contributed by atoms with van der Waals surface area (Å²) in [7, 11) is 0. The number of alkyl halides is 1. The molecule has 1 amide bonds. The number of esters is 2. The lowest BCUT2D eigenvalue weighted by Gasteiger charge is -2.31. The molecule has 4 rings (SSSR count). The molecular weight excluding hydrogens is 658 g/mol. The van der Waals surface area contributed by atoms with E-state index in [1.807, 2.05) is 38.1 Å². The monoisotopic (exact) mass is 693 g/mol. The Balaban J connectivity index is 1.55. The Kier molecular flexibility index (Phi) is 11.7. The number of nitriles is 1. The van der Waals surface area contributed by atoms with Crippen LogP contribution in [0.4, 0.5) is 10.5 Å². The molecule has 2 aromatic carbocycles. The lowest BCUT2D eigenvalue weighted by molar-refractivity contribution is -0.172. The van der Waals surface area contributed by atoms with Gasteiger partial charge in [0.15, 0.2) is 5.94 Å². The number of aromatic nitrogens is 1. The Morgan fingerprint density at radius 3 is 2.59 bits per heavy atom. The molecule has 1 aliphatic rings. The Morgan fingerprint density at radius 2 is 1.90 bits per heavy atom. The molecule has 15 nitrogen and oxygen atoms in total. The first kappa shape index (κ1) is 36.4. The Bertz CT molecular complexity index is 1800. The molecule has 49 heavy (non-hydrogen) atoms. The van der Waals surface area contributed by atoms with Crippen LogP contribution < -0.4 is 31.3 Å². The highest BCUT2D eigenvalue weighted by Crippen LogP contribution is 2.27. The molecular formula is C33H36ClN7O8. The Labute approximate surface area is 287 Å². The van der Waals surface area contributed by atoms with Gasteiger partial charge in [-0.1, -0.05) is 49.7 Å². The van der Waals surface area contributed by atoms with Crippen LogP contribution in [0.5, 0.6) is 5.75 Å². The molecule has 1 aliphatic heterocycles. The van der Waals surface area contributed by atoms with Crippen molar-refractivity contribution in [2.75, 3.05) is 5.12 Å². The molecule has 0 saturated carbocycles. The number of cyclic esters (lactones) is 1. The van der Waals surface area contributed by atoms with Crippen molar-refractivity contribution in [1.82, 2.24) is 26.5 Å². The predicted molar refractivity (Wildman–Crippen MR) is 177 cm³/mol. The highest BCUT2D eigenvalue weighted by atomic mass is 35.5. The number of carbonyl (C=O) groups excluding carboxylic acids is 4. The molecule has 1 saturated heterocycles. The third kappa shape index (κ3) is 9.82. The topological polar surface area (TPSA) is 193 Å². The minimum absolute atomic E-state index is 0.00142. The van der Waals surface area contributed by atoms with E-state index >= 15 is 0 Å². The summed E-state index contributed by atoms with van der Waals surface area (Å²) < 4.78 is 21.8. The smallest absolute Gasteiger partial charge is 0.408 e. The quantitative estimate of drug-likeness (QED) is 0.0432. The zero-order chi connectivity index (χ0) is 35.8. The first-order chi connectivity index (χ1) is 23.2. The SMILES string of the molecule is CCCC(NC(=O)OC(C)(C)C)NC(Cl)(C#N)OC(=O)C1NN(c2ccccc2COc2cccc3ccc(C)nc23)NC(=C=O)C(=O)O1. The number of carbonyl (C=O) groups is 3. The number of hydrogen-bond acceptors (Lipinski definition) is 14. The number of anilines is 1. The fourth-order valence-corrected chi connectivity index (χ4v) is 4.76. The van der Waals surface area contributed by atoms with Crippen molar-refractivity contribution >= 4 is 52.2 Å². The fraction of sp³-hybridized carbons (Fsp3) is 0.364. The predicted octanol–water partition coefficient (Wildman–Crippen LogP) is 3.74. The molecule has 16 heteroatoms. The van der Waals surface area contributed by atoms with Crippen LogP contribution in [0, 0.1) is 18.3 Å². The number of rotatable bonds is 11. The number of ether oxygens (including phenoxy) is 4. The number of hydrazine groups is 2. The number of hydrogen-bond donors (Lipinski definition) is 4. The average molecular weight is 694 g/mol. The summed E-state index contributed by atoms with van der Waals surface area (Å²) >= 11 is 6.35. The van der Waals surface area contributed by atoms with Gasteiger partial charge in [0.25, 0.3) is 6.23 Å². The van der Waals surface area contributed by atoms with Crippen LogP contribution >= 0.6 is 11.6 Å². The number of nitrogens with zero attached hydrogens (tertiary/aromatic N) is 3. The zero-order valence-electron chi connectivity index (χ0n) is 27.5. The van der Waals surface area contributed by atoms with Crippen molar-refractivity contribution in [3.05, 3.63) is 71.6 Å². The molecule has 3 aromatic rings.